The van der Waals surface area contributed by atoms with E-state index in [2.05, 4.69) is 19.2 Å². The number of rotatable bonds is 5. The van der Waals surface area contributed by atoms with Crippen molar-refractivity contribution < 1.29 is 14.3 Å². The van der Waals surface area contributed by atoms with Gasteiger partial charge in [0.25, 0.3) is 0 Å². The van der Waals surface area contributed by atoms with Crippen LogP contribution in [0.25, 0.3) is 0 Å². The van der Waals surface area contributed by atoms with Crippen molar-refractivity contribution in [2.45, 2.75) is 58.1 Å². The molecule has 4 nitrogen and oxygen atoms in total. The Morgan fingerprint density at radius 1 is 1.41 bits per heavy atom. The molecule has 17 heavy (non-hydrogen) atoms. The molecule has 0 aliphatic carbocycles. The van der Waals surface area contributed by atoms with E-state index in [1.165, 1.54) is 0 Å². The van der Waals surface area contributed by atoms with Crippen molar-refractivity contribution in [1.82, 2.24) is 5.32 Å². The molecule has 0 amide bonds. The van der Waals surface area contributed by atoms with Gasteiger partial charge in [-0.05, 0) is 33.2 Å². The van der Waals surface area contributed by atoms with Gasteiger partial charge in [0.05, 0.1) is 12.2 Å². The third-order valence-corrected chi connectivity index (χ3v) is 3.58. The first kappa shape index (κ1) is 14.5. The lowest BCUT2D eigenvalue weighted by Gasteiger charge is -2.44. The Balaban J connectivity index is 2.86. The summed E-state index contributed by atoms with van der Waals surface area (Å²) in [7, 11) is 0. The second kappa shape index (κ2) is 5.83. The highest BCUT2D eigenvalue weighted by atomic mass is 16.5. The molecule has 0 aromatic heterocycles. The largest absolute Gasteiger partial charge is 0.465 e. The smallest absolute Gasteiger partial charge is 0.326 e. The number of hydrogen-bond donors (Lipinski definition) is 1. The van der Waals surface area contributed by atoms with Crippen molar-refractivity contribution in [3.8, 4) is 0 Å². The van der Waals surface area contributed by atoms with Crippen LogP contribution in [0.2, 0.25) is 0 Å². The highest BCUT2D eigenvalue weighted by Gasteiger charge is 2.48. The number of carbonyl (C=O) groups excluding carboxylic acids is 1. The summed E-state index contributed by atoms with van der Waals surface area (Å²) in [5.74, 6) is -0.134. The fourth-order valence-corrected chi connectivity index (χ4v) is 2.48. The summed E-state index contributed by atoms with van der Waals surface area (Å²) >= 11 is 0. The molecular formula is C13H25NO3. The molecule has 0 bridgehead atoms. The van der Waals surface area contributed by atoms with Gasteiger partial charge < -0.3 is 14.8 Å². The van der Waals surface area contributed by atoms with E-state index in [-0.39, 0.29) is 11.6 Å². The molecule has 1 aliphatic rings. The number of likely N-dealkylation sites (N-methyl/N-ethyl adjacent to an activating group) is 1. The predicted octanol–water partition coefficient (Wildman–Crippen LogP) is 1.88. The Morgan fingerprint density at radius 2 is 2.12 bits per heavy atom. The van der Waals surface area contributed by atoms with Gasteiger partial charge >= 0.3 is 5.97 Å². The quantitative estimate of drug-likeness (QED) is 0.749. The zero-order valence-electron chi connectivity index (χ0n) is 11.5. The summed E-state index contributed by atoms with van der Waals surface area (Å²) in [6.45, 7) is 9.81. The Morgan fingerprint density at radius 3 is 2.65 bits per heavy atom. The zero-order valence-corrected chi connectivity index (χ0v) is 11.5. The van der Waals surface area contributed by atoms with E-state index < -0.39 is 5.54 Å². The molecule has 2 atom stereocenters. The summed E-state index contributed by atoms with van der Waals surface area (Å²) in [4.78, 5) is 12.2. The van der Waals surface area contributed by atoms with Crippen LogP contribution in [-0.2, 0) is 14.3 Å². The molecule has 1 rings (SSSR count). The zero-order chi connectivity index (χ0) is 12.9. The van der Waals surface area contributed by atoms with Gasteiger partial charge in [-0.15, -0.1) is 0 Å². The van der Waals surface area contributed by atoms with E-state index in [0.717, 1.165) is 13.0 Å². The van der Waals surface area contributed by atoms with Crippen molar-refractivity contribution in [1.29, 1.82) is 0 Å². The van der Waals surface area contributed by atoms with Crippen molar-refractivity contribution in [2.24, 2.45) is 0 Å². The van der Waals surface area contributed by atoms with Gasteiger partial charge in [0.1, 0.15) is 5.54 Å². The summed E-state index contributed by atoms with van der Waals surface area (Å²) in [5.41, 5.74) is -0.791. The monoisotopic (exact) mass is 243 g/mol. The number of nitrogens with one attached hydrogen (secondary N) is 1. The molecule has 0 aromatic carbocycles. The highest BCUT2D eigenvalue weighted by Crippen LogP contribution is 2.35. The number of esters is 1. The Hall–Kier alpha value is -0.610. The third kappa shape index (κ3) is 3.19. The van der Waals surface area contributed by atoms with Crippen molar-refractivity contribution in [3.63, 3.8) is 0 Å². The lowest BCUT2D eigenvalue weighted by molar-refractivity contribution is -0.166. The highest BCUT2D eigenvalue weighted by molar-refractivity contribution is 5.81. The van der Waals surface area contributed by atoms with E-state index in [4.69, 9.17) is 9.47 Å². The first-order valence-electron chi connectivity index (χ1n) is 6.58. The minimum atomic E-state index is -0.562. The predicted molar refractivity (Wildman–Crippen MR) is 66.9 cm³/mol. The third-order valence-electron chi connectivity index (χ3n) is 3.58. The van der Waals surface area contributed by atoms with E-state index >= 15 is 0 Å². The number of carbonyl (C=O) groups is 1. The first-order valence-corrected chi connectivity index (χ1v) is 6.58. The summed E-state index contributed by atoms with van der Waals surface area (Å²) < 4.78 is 11.0. The fraction of sp³-hybridized carbons (Fsp3) is 0.923. The van der Waals surface area contributed by atoms with Gasteiger partial charge in [-0.3, -0.25) is 4.79 Å². The maximum absolute atomic E-state index is 12.2. The minimum absolute atomic E-state index is 0.134. The molecule has 100 valence electrons. The average Bonchev–Trinajstić information content (AvgIpc) is 2.30. The molecule has 0 spiro atoms. The van der Waals surface area contributed by atoms with Gasteiger partial charge in [0, 0.05) is 13.0 Å². The summed E-state index contributed by atoms with van der Waals surface area (Å²) in [6.07, 6.45) is 2.28. The molecule has 4 heteroatoms. The van der Waals surface area contributed by atoms with Crippen LogP contribution >= 0.6 is 0 Å². The van der Waals surface area contributed by atoms with Crippen LogP contribution in [0, 0.1) is 0 Å². The Kier molecular flexibility index (Phi) is 4.95. The van der Waals surface area contributed by atoms with Gasteiger partial charge in [-0.25, -0.2) is 0 Å². The molecule has 1 fully saturated rings. The number of hydrogen-bond acceptors (Lipinski definition) is 4. The molecule has 1 saturated heterocycles. The second-order valence-electron chi connectivity index (χ2n) is 4.91. The normalized spacial score (nSPS) is 33.4. The molecule has 2 unspecified atom stereocenters. The van der Waals surface area contributed by atoms with Gasteiger partial charge in [-0.1, -0.05) is 13.8 Å². The van der Waals surface area contributed by atoms with E-state index in [0.29, 0.717) is 26.1 Å². The fourth-order valence-electron chi connectivity index (χ4n) is 2.48. The molecular weight excluding hydrogens is 218 g/mol. The van der Waals surface area contributed by atoms with Gasteiger partial charge in [0.15, 0.2) is 0 Å². The van der Waals surface area contributed by atoms with E-state index in [1.54, 1.807) is 0 Å². The van der Waals surface area contributed by atoms with Crippen molar-refractivity contribution in [3.05, 3.63) is 0 Å². The maximum atomic E-state index is 12.2. The molecule has 1 N–H and O–H groups in total. The molecule has 0 saturated carbocycles. The molecule has 1 heterocycles. The van der Waals surface area contributed by atoms with Crippen molar-refractivity contribution >= 4 is 5.97 Å². The van der Waals surface area contributed by atoms with Crippen LogP contribution in [0.4, 0.5) is 0 Å². The Bertz CT molecular complexity index is 265. The summed E-state index contributed by atoms with van der Waals surface area (Å²) in [5, 5.41) is 3.32. The van der Waals surface area contributed by atoms with E-state index in [1.807, 2.05) is 13.8 Å². The SMILES string of the molecule is CCNC1(C(=O)OCC)CCOC(C)(CC)C1. The van der Waals surface area contributed by atoms with Crippen molar-refractivity contribution in [2.75, 3.05) is 19.8 Å². The van der Waals surface area contributed by atoms with Gasteiger partial charge in [-0.2, -0.15) is 0 Å². The topological polar surface area (TPSA) is 47.6 Å². The molecule has 0 radical (unpaired) electrons. The molecule has 1 aliphatic heterocycles. The van der Waals surface area contributed by atoms with Crippen LogP contribution in [0.3, 0.4) is 0 Å². The summed E-state index contributed by atoms with van der Waals surface area (Å²) in [6, 6.07) is 0. The average molecular weight is 243 g/mol. The lowest BCUT2D eigenvalue weighted by atomic mass is 9.79. The minimum Gasteiger partial charge on any atom is -0.465 e. The van der Waals surface area contributed by atoms with Crippen LogP contribution in [-0.4, -0.2) is 36.9 Å². The lowest BCUT2D eigenvalue weighted by Crippen LogP contribution is -2.60. The van der Waals surface area contributed by atoms with Crippen LogP contribution in [0.1, 0.15) is 47.0 Å². The number of ether oxygens (including phenoxy) is 2. The van der Waals surface area contributed by atoms with E-state index in [9.17, 15) is 4.79 Å². The Labute approximate surface area is 104 Å². The second-order valence-corrected chi connectivity index (χ2v) is 4.91. The maximum Gasteiger partial charge on any atom is 0.326 e. The van der Waals surface area contributed by atoms with Crippen LogP contribution in [0.5, 0.6) is 0 Å². The molecule has 0 aromatic rings. The first-order chi connectivity index (χ1) is 8.02. The standard InChI is InChI=1S/C13H25NO3/c1-5-12(4)10-13(14-6-2,8-9-17-12)11(15)16-7-3/h14H,5-10H2,1-4H3. The van der Waals surface area contributed by atoms with Crippen LogP contribution in [0.15, 0.2) is 0 Å². The van der Waals surface area contributed by atoms with Gasteiger partial charge in [0.2, 0.25) is 0 Å². The van der Waals surface area contributed by atoms with Crippen LogP contribution < -0.4 is 5.32 Å².